The minimum absolute atomic E-state index is 0.00310. The van der Waals surface area contributed by atoms with E-state index in [1.807, 2.05) is 0 Å². The van der Waals surface area contributed by atoms with Crippen molar-refractivity contribution in [2.24, 2.45) is 10.8 Å². The summed E-state index contributed by atoms with van der Waals surface area (Å²) in [6, 6.07) is 0. The number of hydrogen-bond donors (Lipinski definition) is 0. The van der Waals surface area contributed by atoms with Crippen molar-refractivity contribution in [3.05, 3.63) is 24.3 Å². The largest absolute Gasteiger partial charge is 0.461 e. The van der Waals surface area contributed by atoms with Gasteiger partial charge in [0.25, 0.3) is 0 Å². The third kappa shape index (κ3) is 1.17. The van der Waals surface area contributed by atoms with Crippen molar-refractivity contribution in [2.45, 2.75) is 38.7 Å². The van der Waals surface area contributed by atoms with Gasteiger partial charge < -0.3 is 4.74 Å². The SMILES string of the molecule is C=C1C[C@H]2C[C@]1(C)[C@@]1(C=CC(=O)CC1)C(=O)O2. The summed E-state index contributed by atoms with van der Waals surface area (Å²) in [6.07, 6.45) is 5.91. The third-order valence-electron chi connectivity index (χ3n) is 4.83. The van der Waals surface area contributed by atoms with E-state index in [1.54, 1.807) is 12.2 Å². The lowest BCUT2D eigenvalue weighted by Gasteiger charge is -2.47. The van der Waals surface area contributed by atoms with Gasteiger partial charge >= 0.3 is 5.97 Å². The predicted octanol–water partition coefficient (Wildman–Crippen LogP) is 2.17. The van der Waals surface area contributed by atoms with Gasteiger partial charge in [0.1, 0.15) is 6.10 Å². The molecule has 1 saturated carbocycles. The lowest BCUT2D eigenvalue weighted by molar-refractivity contribution is -0.173. The second-order valence-corrected chi connectivity index (χ2v) is 5.64. The number of carbonyl (C=O) groups excluding carboxylic acids is 2. The summed E-state index contributed by atoms with van der Waals surface area (Å²) >= 11 is 0. The first kappa shape index (κ1) is 10.8. The lowest BCUT2D eigenvalue weighted by atomic mass is 9.57. The van der Waals surface area contributed by atoms with E-state index in [1.165, 1.54) is 0 Å². The van der Waals surface area contributed by atoms with Gasteiger partial charge in [-0.05, 0) is 18.9 Å². The van der Waals surface area contributed by atoms with E-state index in [-0.39, 0.29) is 23.3 Å². The van der Waals surface area contributed by atoms with Crippen LogP contribution in [0.3, 0.4) is 0 Å². The molecule has 1 saturated heterocycles. The van der Waals surface area contributed by atoms with Crippen LogP contribution in [0.2, 0.25) is 0 Å². The minimum Gasteiger partial charge on any atom is -0.461 e. The number of esters is 1. The Bertz CT molecular complexity index is 462. The maximum absolute atomic E-state index is 12.3. The van der Waals surface area contributed by atoms with E-state index in [9.17, 15) is 9.59 Å². The van der Waals surface area contributed by atoms with Crippen molar-refractivity contribution in [1.29, 1.82) is 0 Å². The van der Waals surface area contributed by atoms with Crippen LogP contribution in [0.15, 0.2) is 24.3 Å². The molecule has 1 aliphatic heterocycles. The quantitative estimate of drug-likeness (QED) is 0.475. The van der Waals surface area contributed by atoms with E-state index in [2.05, 4.69) is 13.5 Å². The summed E-state index contributed by atoms with van der Waals surface area (Å²) < 4.78 is 5.48. The summed E-state index contributed by atoms with van der Waals surface area (Å²) in [5, 5.41) is 0. The molecule has 0 amide bonds. The maximum atomic E-state index is 12.3. The van der Waals surface area contributed by atoms with Crippen molar-refractivity contribution in [2.75, 3.05) is 0 Å². The van der Waals surface area contributed by atoms with Crippen molar-refractivity contribution in [3.8, 4) is 0 Å². The Morgan fingerprint density at radius 3 is 2.88 bits per heavy atom. The van der Waals surface area contributed by atoms with Crippen LogP contribution in [0.25, 0.3) is 0 Å². The van der Waals surface area contributed by atoms with Crippen LogP contribution in [0.4, 0.5) is 0 Å². The zero-order chi connectivity index (χ0) is 12.3. The molecular formula is C14H16O3. The molecule has 3 rings (SSSR count). The fourth-order valence-electron chi connectivity index (χ4n) is 3.59. The van der Waals surface area contributed by atoms with Crippen molar-refractivity contribution in [1.82, 2.24) is 0 Å². The zero-order valence-electron chi connectivity index (χ0n) is 9.99. The fourth-order valence-corrected chi connectivity index (χ4v) is 3.59. The maximum Gasteiger partial charge on any atom is 0.317 e. The molecule has 0 aromatic rings. The van der Waals surface area contributed by atoms with Crippen LogP contribution in [0.5, 0.6) is 0 Å². The Hall–Kier alpha value is -1.38. The predicted molar refractivity (Wildman–Crippen MR) is 62.2 cm³/mol. The van der Waals surface area contributed by atoms with Crippen LogP contribution >= 0.6 is 0 Å². The van der Waals surface area contributed by atoms with E-state index in [4.69, 9.17) is 4.74 Å². The second kappa shape index (κ2) is 3.09. The topological polar surface area (TPSA) is 43.4 Å². The summed E-state index contributed by atoms with van der Waals surface area (Å²) in [6.45, 7) is 6.21. The number of hydrogen-bond acceptors (Lipinski definition) is 3. The fraction of sp³-hybridized carbons (Fsp3) is 0.571. The smallest absolute Gasteiger partial charge is 0.317 e. The molecule has 3 nitrogen and oxygen atoms in total. The van der Waals surface area contributed by atoms with Crippen LogP contribution in [-0.2, 0) is 14.3 Å². The highest BCUT2D eigenvalue weighted by Gasteiger charge is 2.62. The lowest BCUT2D eigenvalue weighted by Crippen LogP contribution is -2.50. The molecule has 3 aliphatic rings. The first-order valence-electron chi connectivity index (χ1n) is 6.09. The molecule has 3 heteroatoms. The zero-order valence-corrected chi connectivity index (χ0v) is 9.99. The van der Waals surface area contributed by atoms with Gasteiger partial charge in [-0.3, -0.25) is 9.59 Å². The van der Waals surface area contributed by atoms with Crippen molar-refractivity contribution < 1.29 is 14.3 Å². The third-order valence-corrected chi connectivity index (χ3v) is 4.83. The minimum atomic E-state index is -0.648. The van der Waals surface area contributed by atoms with Gasteiger partial charge in [0.05, 0.1) is 5.41 Å². The monoisotopic (exact) mass is 232 g/mol. The van der Waals surface area contributed by atoms with Gasteiger partial charge in [0.2, 0.25) is 0 Å². The molecule has 0 unspecified atom stereocenters. The molecule has 2 bridgehead atoms. The molecular weight excluding hydrogens is 216 g/mol. The molecule has 90 valence electrons. The van der Waals surface area contributed by atoms with Gasteiger partial charge in [0, 0.05) is 18.3 Å². The Balaban J connectivity index is 2.13. The van der Waals surface area contributed by atoms with Gasteiger partial charge in [-0.25, -0.2) is 0 Å². The molecule has 1 heterocycles. The highest BCUT2D eigenvalue weighted by molar-refractivity contribution is 5.94. The second-order valence-electron chi connectivity index (χ2n) is 5.64. The van der Waals surface area contributed by atoms with E-state index >= 15 is 0 Å². The van der Waals surface area contributed by atoms with Gasteiger partial charge in [-0.1, -0.05) is 25.2 Å². The molecule has 2 fully saturated rings. The number of fused-ring (bicyclic) bond motifs is 3. The highest BCUT2D eigenvalue weighted by Crippen LogP contribution is 2.61. The highest BCUT2D eigenvalue weighted by atomic mass is 16.5. The van der Waals surface area contributed by atoms with Crippen molar-refractivity contribution >= 4 is 11.8 Å². The van der Waals surface area contributed by atoms with Crippen LogP contribution < -0.4 is 0 Å². The van der Waals surface area contributed by atoms with Gasteiger partial charge in [-0.2, -0.15) is 0 Å². The molecule has 0 aromatic carbocycles. The molecule has 1 spiro atoms. The van der Waals surface area contributed by atoms with Crippen LogP contribution in [0.1, 0.15) is 32.6 Å². The van der Waals surface area contributed by atoms with E-state index in [0.29, 0.717) is 12.8 Å². The van der Waals surface area contributed by atoms with Gasteiger partial charge in [0.15, 0.2) is 5.78 Å². The molecule has 0 radical (unpaired) electrons. The van der Waals surface area contributed by atoms with Crippen molar-refractivity contribution in [3.63, 3.8) is 0 Å². The Kier molecular flexibility index (Phi) is 1.96. The normalized spacial score (nSPS) is 44.3. The Morgan fingerprint density at radius 2 is 2.24 bits per heavy atom. The molecule has 3 atom stereocenters. The average Bonchev–Trinajstić information content (AvgIpc) is 2.52. The summed E-state index contributed by atoms with van der Waals surface area (Å²) in [5.74, 6) is -0.0728. The number of allylic oxidation sites excluding steroid dienone is 1. The summed E-state index contributed by atoms with van der Waals surface area (Å²) in [4.78, 5) is 23.6. The summed E-state index contributed by atoms with van der Waals surface area (Å²) in [5.41, 5.74) is 0.210. The number of ether oxygens (including phenoxy) is 1. The van der Waals surface area contributed by atoms with Crippen LogP contribution in [0, 0.1) is 10.8 Å². The molecule has 0 aromatic heterocycles. The molecule has 17 heavy (non-hydrogen) atoms. The summed E-state index contributed by atoms with van der Waals surface area (Å²) in [7, 11) is 0. The molecule has 2 aliphatic carbocycles. The number of rotatable bonds is 0. The first-order valence-corrected chi connectivity index (χ1v) is 6.09. The standard InChI is InChI=1S/C14H16O3/c1-9-7-11-8-13(9,2)14(12(16)17-11)5-3-10(15)4-6-14/h3,5,11H,1,4,6-8H2,2H3/t11-,13-,14+/m0/s1. The first-order chi connectivity index (χ1) is 7.98. The van der Waals surface area contributed by atoms with Crippen LogP contribution in [-0.4, -0.2) is 17.9 Å². The molecule has 0 N–H and O–H groups in total. The Labute approximate surface area is 101 Å². The van der Waals surface area contributed by atoms with E-state index in [0.717, 1.165) is 18.4 Å². The average molecular weight is 232 g/mol. The number of carbonyl (C=O) groups is 2. The van der Waals surface area contributed by atoms with E-state index < -0.39 is 5.41 Å². The Morgan fingerprint density at radius 1 is 1.47 bits per heavy atom. The van der Waals surface area contributed by atoms with Gasteiger partial charge in [-0.15, -0.1) is 0 Å². The number of ketones is 1.